The zero-order chi connectivity index (χ0) is 15.2. The van der Waals surface area contributed by atoms with Crippen LogP contribution in [0, 0.1) is 0 Å². The Morgan fingerprint density at radius 2 is 2.24 bits per heavy atom. The summed E-state index contributed by atoms with van der Waals surface area (Å²) in [5.74, 6) is -0.0408. The quantitative estimate of drug-likeness (QED) is 0.875. The number of carbonyl (C=O) groups excluding carboxylic acids is 1. The minimum absolute atomic E-state index is 0.0197. The van der Waals surface area contributed by atoms with Crippen molar-refractivity contribution in [3.63, 3.8) is 0 Å². The molecule has 1 saturated heterocycles. The van der Waals surface area contributed by atoms with Crippen molar-refractivity contribution >= 4 is 11.9 Å². The van der Waals surface area contributed by atoms with Gasteiger partial charge in [-0.25, -0.2) is 0 Å². The van der Waals surface area contributed by atoms with Crippen LogP contribution in [0.1, 0.15) is 44.2 Å². The Morgan fingerprint density at radius 3 is 2.95 bits per heavy atom. The van der Waals surface area contributed by atoms with Gasteiger partial charge in [-0.3, -0.25) is 9.59 Å². The number of carboxylic acid groups (broad SMARTS) is 1. The number of hydrogen-bond acceptors (Lipinski definition) is 3. The molecule has 1 N–H and O–H groups in total. The molecule has 1 heterocycles. The van der Waals surface area contributed by atoms with Gasteiger partial charge >= 0.3 is 5.97 Å². The first kappa shape index (κ1) is 15.4. The van der Waals surface area contributed by atoms with E-state index >= 15 is 0 Å². The average Bonchev–Trinajstić information content (AvgIpc) is 2.96. The smallest absolute Gasteiger partial charge is 0.306 e. The Kier molecular flexibility index (Phi) is 5.20. The Labute approximate surface area is 124 Å². The normalized spacial score (nSPS) is 17.8. The summed E-state index contributed by atoms with van der Waals surface area (Å²) in [5, 5.41) is 8.62. The molecule has 1 atom stereocenters. The fraction of sp³-hybridized carbons (Fsp3) is 0.500. The zero-order valence-electron chi connectivity index (χ0n) is 12.2. The average molecular weight is 291 g/mol. The lowest BCUT2D eigenvalue weighted by atomic mass is 10.0. The summed E-state index contributed by atoms with van der Waals surface area (Å²) >= 11 is 0. The standard InChI is InChI=1S/C16H21NO4/c1-2-15(18)17-9-4-7-14(17)12-5-3-6-13(11-12)21-10-8-16(19)20/h3,5-6,11,14H,2,4,7-10H2,1H3,(H,19,20). The van der Waals surface area contributed by atoms with Gasteiger partial charge in [0.05, 0.1) is 19.1 Å². The van der Waals surface area contributed by atoms with Crippen LogP contribution in [-0.2, 0) is 9.59 Å². The molecule has 2 rings (SSSR count). The van der Waals surface area contributed by atoms with Crippen molar-refractivity contribution in [3.8, 4) is 5.75 Å². The van der Waals surface area contributed by atoms with Crippen LogP contribution in [-0.4, -0.2) is 35.0 Å². The van der Waals surface area contributed by atoms with Gasteiger partial charge in [-0.05, 0) is 30.5 Å². The van der Waals surface area contributed by atoms with Crippen molar-refractivity contribution in [2.45, 2.75) is 38.6 Å². The number of rotatable bonds is 6. The van der Waals surface area contributed by atoms with Crippen LogP contribution in [0.4, 0.5) is 0 Å². The third kappa shape index (κ3) is 3.97. The minimum atomic E-state index is -0.873. The topological polar surface area (TPSA) is 66.8 Å². The number of aliphatic carboxylic acids is 1. The van der Waals surface area contributed by atoms with Gasteiger partial charge in [-0.15, -0.1) is 0 Å². The molecule has 0 aromatic heterocycles. The number of carboxylic acids is 1. The van der Waals surface area contributed by atoms with Gasteiger partial charge in [0.2, 0.25) is 5.91 Å². The number of likely N-dealkylation sites (tertiary alicyclic amines) is 1. The number of hydrogen-bond donors (Lipinski definition) is 1. The van der Waals surface area contributed by atoms with Gasteiger partial charge in [0.15, 0.2) is 0 Å². The van der Waals surface area contributed by atoms with Gasteiger partial charge in [0, 0.05) is 13.0 Å². The van der Waals surface area contributed by atoms with Crippen molar-refractivity contribution in [1.29, 1.82) is 0 Å². The van der Waals surface area contributed by atoms with E-state index < -0.39 is 5.97 Å². The number of amides is 1. The summed E-state index contributed by atoms with van der Waals surface area (Å²) in [7, 11) is 0. The summed E-state index contributed by atoms with van der Waals surface area (Å²) in [6, 6.07) is 7.72. The van der Waals surface area contributed by atoms with Gasteiger partial charge in [0.1, 0.15) is 5.75 Å². The molecule has 114 valence electrons. The molecule has 1 aromatic rings. The molecule has 1 aliphatic rings. The van der Waals surface area contributed by atoms with Gasteiger partial charge in [-0.1, -0.05) is 19.1 Å². The van der Waals surface area contributed by atoms with Crippen LogP contribution in [0.5, 0.6) is 5.75 Å². The van der Waals surface area contributed by atoms with Crippen LogP contribution >= 0.6 is 0 Å². The third-order valence-electron chi connectivity index (χ3n) is 3.70. The Bertz CT molecular complexity index is 515. The van der Waals surface area contributed by atoms with E-state index in [1.165, 1.54) is 0 Å². The van der Waals surface area contributed by atoms with E-state index in [4.69, 9.17) is 9.84 Å². The van der Waals surface area contributed by atoms with Crippen LogP contribution in [0.25, 0.3) is 0 Å². The number of ether oxygens (including phenoxy) is 1. The molecule has 1 unspecified atom stereocenters. The number of nitrogens with zero attached hydrogens (tertiary/aromatic N) is 1. The highest BCUT2D eigenvalue weighted by Gasteiger charge is 2.28. The molecule has 5 heteroatoms. The van der Waals surface area contributed by atoms with E-state index in [1.54, 1.807) is 0 Å². The summed E-state index contributed by atoms with van der Waals surface area (Å²) in [6.07, 6.45) is 2.48. The van der Waals surface area contributed by atoms with E-state index in [2.05, 4.69) is 0 Å². The van der Waals surface area contributed by atoms with Crippen molar-refractivity contribution in [2.75, 3.05) is 13.2 Å². The highest BCUT2D eigenvalue weighted by molar-refractivity contribution is 5.76. The number of benzene rings is 1. The maximum atomic E-state index is 12.0. The third-order valence-corrected chi connectivity index (χ3v) is 3.70. The molecule has 0 bridgehead atoms. The molecular formula is C16H21NO4. The molecule has 1 aliphatic heterocycles. The molecule has 21 heavy (non-hydrogen) atoms. The molecule has 1 fully saturated rings. The molecule has 0 radical (unpaired) electrons. The fourth-order valence-electron chi connectivity index (χ4n) is 2.68. The Balaban J connectivity index is 2.06. The second-order valence-corrected chi connectivity index (χ2v) is 5.16. The van der Waals surface area contributed by atoms with E-state index in [-0.39, 0.29) is 25.0 Å². The van der Waals surface area contributed by atoms with E-state index in [0.717, 1.165) is 24.9 Å². The predicted octanol–water partition coefficient (Wildman–Crippen LogP) is 2.61. The summed E-state index contributed by atoms with van der Waals surface area (Å²) in [4.78, 5) is 24.4. The maximum Gasteiger partial charge on any atom is 0.306 e. The second-order valence-electron chi connectivity index (χ2n) is 5.16. The molecule has 0 saturated carbocycles. The lowest BCUT2D eigenvalue weighted by molar-refractivity contribution is -0.137. The molecule has 1 aromatic carbocycles. The van der Waals surface area contributed by atoms with Gasteiger partial charge in [0.25, 0.3) is 0 Å². The highest BCUT2D eigenvalue weighted by atomic mass is 16.5. The van der Waals surface area contributed by atoms with Crippen molar-refractivity contribution < 1.29 is 19.4 Å². The Morgan fingerprint density at radius 1 is 1.43 bits per heavy atom. The van der Waals surface area contributed by atoms with Crippen LogP contribution in [0.2, 0.25) is 0 Å². The molecule has 0 aliphatic carbocycles. The molecule has 5 nitrogen and oxygen atoms in total. The second kappa shape index (κ2) is 7.11. The summed E-state index contributed by atoms with van der Waals surface area (Å²) < 4.78 is 5.45. The Hall–Kier alpha value is -2.04. The minimum Gasteiger partial charge on any atom is -0.493 e. The van der Waals surface area contributed by atoms with Crippen molar-refractivity contribution in [1.82, 2.24) is 4.90 Å². The maximum absolute atomic E-state index is 12.0. The largest absolute Gasteiger partial charge is 0.493 e. The summed E-state index contributed by atoms with van der Waals surface area (Å²) in [5.41, 5.74) is 1.06. The monoisotopic (exact) mass is 291 g/mol. The van der Waals surface area contributed by atoms with Crippen molar-refractivity contribution in [2.24, 2.45) is 0 Å². The zero-order valence-corrected chi connectivity index (χ0v) is 12.2. The van der Waals surface area contributed by atoms with Gasteiger partial charge < -0.3 is 14.7 Å². The first-order valence-electron chi connectivity index (χ1n) is 7.36. The molecule has 1 amide bonds. The number of carbonyl (C=O) groups is 2. The van der Waals surface area contributed by atoms with Crippen LogP contribution in [0.15, 0.2) is 24.3 Å². The lowest BCUT2D eigenvalue weighted by Crippen LogP contribution is -2.29. The van der Waals surface area contributed by atoms with E-state index in [1.807, 2.05) is 36.1 Å². The summed E-state index contributed by atoms with van der Waals surface area (Å²) in [6.45, 7) is 2.84. The fourth-order valence-corrected chi connectivity index (χ4v) is 2.68. The molecular weight excluding hydrogens is 270 g/mol. The van der Waals surface area contributed by atoms with Crippen LogP contribution in [0.3, 0.4) is 0 Å². The van der Waals surface area contributed by atoms with Gasteiger partial charge in [-0.2, -0.15) is 0 Å². The molecule has 0 spiro atoms. The van der Waals surface area contributed by atoms with Crippen molar-refractivity contribution in [3.05, 3.63) is 29.8 Å². The van der Waals surface area contributed by atoms with Crippen LogP contribution < -0.4 is 4.74 Å². The first-order valence-corrected chi connectivity index (χ1v) is 7.36. The SMILES string of the molecule is CCC(=O)N1CCCC1c1cccc(OCCC(=O)O)c1. The lowest BCUT2D eigenvalue weighted by Gasteiger charge is -2.25. The van der Waals surface area contributed by atoms with E-state index in [9.17, 15) is 9.59 Å². The highest BCUT2D eigenvalue weighted by Crippen LogP contribution is 2.33. The predicted molar refractivity (Wildman–Crippen MR) is 78.2 cm³/mol. The first-order chi connectivity index (χ1) is 10.1. The van der Waals surface area contributed by atoms with E-state index in [0.29, 0.717) is 12.2 Å².